The average molecular weight is 621 g/mol. The predicted molar refractivity (Wildman–Crippen MR) is 164 cm³/mol. The molecule has 1 aromatic carbocycles. The lowest BCUT2D eigenvalue weighted by atomic mass is 9.95. The second-order valence-corrected chi connectivity index (χ2v) is 11.9. The zero-order chi connectivity index (χ0) is 30.5. The van der Waals surface area contributed by atoms with Crippen LogP contribution in [0.1, 0.15) is 76.7 Å². The Morgan fingerprint density at radius 3 is 2.50 bits per heavy atom. The van der Waals surface area contributed by atoms with Crippen molar-refractivity contribution >= 4 is 40.6 Å². The molecule has 44 heavy (non-hydrogen) atoms. The summed E-state index contributed by atoms with van der Waals surface area (Å²) in [6, 6.07) is 7.38. The van der Waals surface area contributed by atoms with E-state index in [4.69, 9.17) is 19.9 Å². The number of rotatable bonds is 9. The third-order valence-electron chi connectivity index (χ3n) is 8.16. The first-order valence-corrected chi connectivity index (χ1v) is 15.9. The van der Waals surface area contributed by atoms with Crippen molar-refractivity contribution in [1.82, 2.24) is 20.0 Å². The molecule has 3 aromatic rings. The molecule has 12 nitrogen and oxygen atoms in total. The third kappa shape index (κ3) is 6.48. The van der Waals surface area contributed by atoms with Gasteiger partial charge in [0.2, 0.25) is 5.91 Å². The van der Waals surface area contributed by atoms with Crippen molar-refractivity contribution in [2.75, 3.05) is 37.0 Å². The van der Waals surface area contributed by atoms with Gasteiger partial charge < -0.3 is 30.6 Å². The summed E-state index contributed by atoms with van der Waals surface area (Å²) >= 11 is 0.837. The SMILES string of the molecule is Nc1c(C(=O)NC2CCCCC2)nsc1C(=O)N(c1ccc2c(c1)OCCO2)[C@@H](C(=O)NC[C@H]1CCCO1)c1ccncc1. The maximum atomic E-state index is 14.5. The lowest BCUT2D eigenvalue weighted by molar-refractivity contribution is -0.123. The van der Waals surface area contributed by atoms with Gasteiger partial charge in [-0.3, -0.25) is 24.3 Å². The van der Waals surface area contributed by atoms with E-state index in [1.54, 1.807) is 42.7 Å². The smallest absolute Gasteiger partial charge is 0.273 e. The molecule has 232 valence electrons. The molecule has 0 unspecified atom stereocenters. The van der Waals surface area contributed by atoms with Gasteiger partial charge in [0.25, 0.3) is 11.8 Å². The lowest BCUT2D eigenvalue weighted by Crippen LogP contribution is -2.45. The Morgan fingerprint density at radius 1 is 0.977 bits per heavy atom. The fraction of sp³-hybridized carbons (Fsp3) is 0.452. The first-order chi connectivity index (χ1) is 21.5. The fourth-order valence-corrected chi connectivity index (χ4v) is 6.61. The molecule has 6 rings (SSSR count). The number of nitrogens with zero attached hydrogens (tertiary/aromatic N) is 3. The number of pyridine rings is 1. The van der Waals surface area contributed by atoms with Crippen LogP contribution in [0.4, 0.5) is 11.4 Å². The molecule has 0 radical (unpaired) electrons. The number of amides is 3. The molecule has 13 heteroatoms. The van der Waals surface area contributed by atoms with Gasteiger partial charge in [-0.05, 0) is 67.0 Å². The Balaban J connectivity index is 1.37. The predicted octanol–water partition coefficient (Wildman–Crippen LogP) is 3.64. The van der Waals surface area contributed by atoms with E-state index in [-0.39, 0.29) is 28.4 Å². The van der Waals surface area contributed by atoms with Crippen molar-refractivity contribution in [2.45, 2.75) is 63.1 Å². The Kier molecular flexibility index (Phi) is 9.22. The van der Waals surface area contributed by atoms with Gasteiger partial charge in [-0.1, -0.05) is 19.3 Å². The van der Waals surface area contributed by atoms with Crippen molar-refractivity contribution < 1.29 is 28.6 Å². The van der Waals surface area contributed by atoms with Crippen molar-refractivity contribution in [1.29, 1.82) is 0 Å². The Bertz CT molecular complexity index is 1490. The second kappa shape index (κ2) is 13.6. The van der Waals surface area contributed by atoms with E-state index < -0.39 is 23.8 Å². The monoisotopic (exact) mass is 620 g/mol. The molecule has 4 N–H and O–H groups in total. The highest BCUT2D eigenvalue weighted by Gasteiger charge is 2.37. The van der Waals surface area contributed by atoms with Gasteiger partial charge in [0.1, 0.15) is 24.1 Å². The zero-order valence-electron chi connectivity index (χ0n) is 24.3. The van der Waals surface area contributed by atoms with Crippen LogP contribution in [0.2, 0.25) is 0 Å². The van der Waals surface area contributed by atoms with Gasteiger partial charge >= 0.3 is 0 Å². The Morgan fingerprint density at radius 2 is 1.75 bits per heavy atom. The highest BCUT2D eigenvalue weighted by atomic mass is 32.1. The number of nitrogen functional groups attached to an aromatic ring is 1. The number of carbonyl (C=O) groups is 3. The van der Waals surface area contributed by atoms with Crippen LogP contribution in [0.15, 0.2) is 42.7 Å². The highest BCUT2D eigenvalue weighted by Crippen LogP contribution is 2.39. The van der Waals surface area contributed by atoms with Crippen molar-refractivity contribution in [2.24, 2.45) is 0 Å². The summed E-state index contributed by atoms with van der Waals surface area (Å²) in [5, 5.41) is 6.00. The van der Waals surface area contributed by atoms with Gasteiger partial charge in [-0.25, -0.2) is 0 Å². The number of ether oxygens (including phenoxy) is 3. The molecule has 2 aliphatic heterocycles. The maximum absolute atomic E-state index is 14.5. The lowest BCUT2D eigenvalue weighted by Gasteiger charge is -2.32. The first kappa shape index (κ1) is 29.8. The molecular weight excluding hydrogens is 584 g/mol. The topological polar surface area (TPSA) is 158 Å². The van der Waals surface area contributed by atoms with Gasteiger partial charge in [0.15, 0.2) is 17.2 Å². The molecule has 1 saturated heterocycles. The van der Waals surface area contributed by atoms with Gasteiger partial charge in [0.05, 0.1) is 11.8 Å². The molecule has 0 spiro atoms. The first-order valence-electron chi connectivity index (χ1n) is 15.1. The average Bonchev–Trinajstić information content (AvgIpc) is 3.72. The van der Waals surface area contributed by atoms with E-state index in [2.05, 4.69) is 20.0 Å². The number of anilines is 2. The number of hydrogen-bond acceptors (Lipinski definition) is 10. The van der Waals surface area contributed by atoms with Crippen molar-refractivity contribution in [3.63, 3.8) is 0 Å². The summed E-state index contributed by atoms with van der Waals surface area (Å²) in [6.07, 6.45) is 9.85. The number of nitrogens with one attached hydrogen (secondary N) is 2. The van der Waals surface area contributed by atoms with Crippen LogP contribution in [0.25, 0.3) is 0 Å². The van der Waals surface area contributed by atoms with Gasteiger partial charge in [-0.15, -0.1) is 0 Å². The van der Waals surface area contributed by atoms with E-state index in [0.29, 0.717) is 49.1 Å². The zero-order valence-corrected chi connectivity index (χ0v) is 25.1. The number of carbonyl (C=O) groups excluding carboxylic acids is 3. The number of benzene rings is 1. The summed E-state index contributed by atoms with van der Waals surface area (Å²) in [7, 11) is 0. The normalized spacial score (nSPS) is 18.8. The Labute approximate surface area is 259 Å². The summed E-state index contributed by atoms with van der Waals surface area (Å²) in [5.74, 6) is -0.411. The number of fused-ring (bicyclic) bond motifs is 1. The molecule has 2 aromatic heterocycles. The number of hydrogen-bond donors (Lipinski definition) is 3. The molecule has 0 bridgehead atoms. The summed E-state index contributed by atoms with van der Waals surface area (Å²) < 4.78 is 21.5. The van der Waals surface area contributed by atoms with Gasteiger partial charge in [-0.2, -0.15) is 4.37 Å². The van der Waals surface area contributed by atoms with E-state index in [9.17, 15) is 14.4 Å². The van der Waals surface area contributed by atoms with Crippen molar-refractivity contribution in [3.05, 3.63) is 58.9 Å². The second-order valence-electron chi connectivity index (χ2n) is 11.1. The van der Waals surface area contributed by atoms with Crippen LogP contribution < -0.4 is 30.7 Å². The van der Waals surface area contributed by atoms with E-state index in [1.807, 2.05) is 0 Å². The minimum Gasteiger partial charge on any atom is -0.486 e. The fourth-order valence-electron chi connectivity index (χ4n) is 5.87. The summed E-state index contributed by atoms with van der Waals surface area (Å²) in [5.41, 5.74) is 7.36. The van der Waals surface area contributed by atoms with Crippen LogP contribution in [-0.2, 0) is 9.53 Å². The quantitative estimate of drug-likeness (QED) is 0.325. The van der Waals surface area contributed by atoms with Crippen LogP contribution >= 0.6 is 11.5 Å². The molecular formula is C31H36N6O6S. The third-order valence-corrected chi connectivity index (χ3v) is 9.01. The molecule has 2 atom stereocenters. The summed E-state index contributed by atoms with van der Waals surface area (Å²) in [6.45, 7) is 1.71. The molecule has 1 aliphatic carbocycles. The molecule has 3 amide bonds. The van der Waals surface area contributed by atoms with Crippen molar-refractivity contribution in [3.8, 4) is 11.5 Å². The molecule has 2 fully saturated rings. The minimum absolute atomic E-state index is 0.00865. The minimum atomic E-state index is -1.12. The van der Waals surface area contributed by atoms with Crippen LogP contribution in [0, 0.1) is 0 Å². The summed E-state index contributed by atoms with van der Waals surface area (Å²) in [4.78, 5) is 47.2. The van der Waals surface area contributed by atoms with Gasteiger partial charge in [0, 0.05) is 43.3 Å². The van der Waals surface area contributed by atoms with E-state index in [1.165, 1.54) is 4.90 Å². The molecule has 1 saturated carbocycles. The van der Waals surface area contributed by atoms with Crippen LogP contribution in [0.3, 0.4) is 0 Å². The van der Waals surface area contributed by atoms with E-state index in [0.717, 1.165) is 56.5 Å². The standard InChI is InChI=1S/C31H36N6O6S/c32-25-26(29(38)35-20-5-2-1-3-6-20)36-44-28(25)31(40)37(21-8-9-23-24(17-21)43-16-15-42-23)27(19-10-12-33-13-11-19)30(39)34-18-22-7-4-14-41-22/h8-13,17,20,22,27H,1-7,14-16,18,32H2,(H,34,39)(H,35,38)/t22-,27-/m1/s1. The van der Waals surface area contributed by atoms with E-state index >= 15 is 0 Å². The number of nitrogens with two attached hydrogens (primary N) is 1. The maximum Gasteiger partial charge on any atom is 0.273 e. The highest BCUT2D eigenvalue weighted by molar-refractivity contribution is 7.09. The van der Waals surface area contributed by atoms with Crippen LogP contribution in [0.5, 0.6) is 11.5 Å². The molecule has 4 heterocycles. The molecule has 3 aliphatic rings. The number of aromatic nitrogens is 2. The Hall–Kier alpha value is -4.23. The largest absolute Gasteiger partial charge is 0.486 e. The van der Waals surface area contributed by atoms with Crippen LogP contribution in [-0.4, -0.2) is 65.6 Å².